The summed E-state index contributed by atoms with van der Waals surface area (Å²) < 4.78 is 32.5. The minimum Gasteiger partial charge on any atom is -0.484 e. The Morgan fingerprint density at radius 3 is 2.25 bits per heavy atom. The van der Waals surface area contributed by atoms with E-state index in [0.29, 0.717) is 17.5 Å². The van der Waals surface area contributed by atoms with Crippen LogP contribution in [0.2, 0.25) is 0 Å². The third-order valence-electron chi connectivity index (χ3n) is 5.87. The van der Waals surface area contributed by atoms with Crippen molar-refractivity contribution in [2.24, 2.45) is 0 Å². The number of carbonyl (C=O) groups excluding carboxylic acids is 1. The summed E-state index contributed by atoms with van der Waals surface area (Å²) in [4.78, 5) is 14.9. The molecule has 7 nitrogen and oxygen atoms in total. The Bertz CT molecular complexity index is 997. The summed E-state index contributed by atoms with van der Waals surface area (Å²) in [6, 6.07) is 14.1. The van der Waals surface area contributed by atoms with Crippen LogP contribution in [0.25, 0.3) is 0 Å². The summed E-state index contributed by atoms with van der Waals surface area (Å²) in [6.45, 7) is 8.20. The predicted molar refractivity (Wildman–Crippen MR) is 127 cm³/mol. The molecule has 0 aliphatic carbocycles. The first-order valence-electron chi connectivity index (χ1n) is 11.0. The van der Waals surface area contributed by atoms with Crippen LogP contribution < -0.4 is 14.4 Å². The number of sulfonamides is 1. The first-order valence-corrected chi connectivity index (χ1v) is 12.4. The van der Waals surface area contributed by atoms with Gasteiger partial charge in [-0.2, -0.15) is 0 Å². The van der Waals surface area contributed by atoms with Crippen LogP contribution in [0.15, 0.2) is 53.4 Å². The Morgan fingerprint density at radius 1 is 1.09 bits per heavy atom. The predicted octanol–water partition coefficient (Wildman–Crippen LogP) is 3.19. The molecule has 1 aliphatic heterocycles. The number of rotatable bonds is 8. The van der Waals surface area contributed by atoms with Crippen LogP contribution in [-0.2, 0) is 14.8 Å². The van der Waals surface area contributed by atoms with Crippen molar-refractivity contribution in [1.29, 1.82) is 0 Å². The molecule has 1 fully saturated rings. The number of anilines is 1. The van der Waals surface area contributed by atoms with Crippen molar-refractivity contribution in [3.63, 3.8) is 0 Å². The standard InChI is InChI=1S/C24H33N3O4S/c1-18(2)27-15-13-20(14-16-27)25-24(28)17-31-22-9-7-21(8-10-22)26(4)32(29,30)23-11-5-19(3)6-12-23/h5-12,18,20H,13-17H2,1-4H3,(H,25,28). The van der Waals surface area contributed by atoms with Crippen LogP contribution in [-0.4, -0.2) is 58.1 Å². The van der Waals surface area contributed by atoms with Crippen molar-refractivity contribution in [3.05, 3.63) is 54.1 Å². The number of piperidine rings is 1. The number of amides is 1. The highest BCUT2D eigenvalue weighted by Gasteiger charge is 2.23. The maximum absolute atomic E-state index is 12.8. The molecule has 32 heavy (non-hydrogen) atoms. The molecule has 2 aromatic rings. The normalized spacial score (nSPS) is 15.5. The molecule has 8 heteroatoms. The number of hydrogen-bond donors (Lipinski definition) is 1. The van der Waals surface area contributed by atoms with Gasteiger partial charge in [0.1, 0.15) is 5.75 Å². The third kappa shape index (κ3) is 6.01. The molecule has 1 amide bonds. The average Bonchev–Trinajstić information content (AvgIpc) is 2.78. The number of hydrogen-bond acceptors (Lipinski definition) is 5. The van der Waals surface area contributed by atoms with Gasteiger partial charge in [-0.15, -0.1) is 0 Å². The fraction of sp³-hybridized carbons (Fsp3) is 0.458. The Morgan fingerprint density at radius 2 is 1.69 bits per heavy atom. The van der Waals surface area contributed by atoms with Gasteiger partial charge >= 0.3 is 0 Å². The van der Waals surface area contributed by atoms with Gasteiger partial charge in [-0.25, -0.2) is 8.42 Å². The van der Waals surface area contributed by atoms with E-state index in [1.54, 1.807) is 48.5 Å². The summed E-state index contributed by atoms with van der Waals surface area (Å²) >= 11 is 0. The summed E-state index contributed by atoms with van der Waals surface area (Å²) in [5.74, 6) is 0.371. The largest absolute Gasteiger partial charge is 0.484 e. The van der Waals surface area contributed by atoms with Crippen LogP contribution in [0, 0.1) is 6.92 Å². The summed E-state index contributed by atoms with van der Waals surface area (Å²) in [7, 11) is -2.13. The highest BCUT2D eigenvalue weighted by molar-refractivity contribution is 7.92. The van der Waals surface area contributed by atoms with E-state index in [9.17, 15) is 13.2 Å². The minimum absolute atomic E-state index is 0.0682. The highest BCUT2D eigenvalue weighted by Crippen LogP contribution is 2.24. The molecule has 0 bridgehead atoms. The molecule has 0 aromatic heterocycles. The molecule has 174 valence electrons. The molecule has 1 N–H and O–H groups in total. The molecular weight excluding hydrogens is 426 g/mol. The van der Waals surface area contributed by atoms with Crippen LogP contribution in [0.4, 0.5) is 5.69 Å². The maximum Gasteiger partial charge on any atom is 0.264 e. The molecule has 0 spiro atoms. The summed E-state index contributed by atoms with van der Waals surface area (Å²) in [5, 5.41) is 3.04. The van der Waals surface area contributed by atoms with Crippen molar-refractivity contribution in [2.75, 3.05) is 31.0 Å². The molecule has 0 radical (unpaired) electrons. The van der Waals surface area contributed by atoms with Gasteiger partial charge in [-0.1, -0.05) is 17.7 Å². The second kappa shape index (κ2) is 10.4. The van der Waals surface area contributed by atoms with Crippen molar-refractivity contribution in [1.82, 2.24) is 10.2 Å². The summed E-state index contributed by atoms with van der Waals surface area (Å²) in [5.41, 5.74) is 1.51. The Hall–Kier alpha value is -2.58. The van der Waals surface area contributed by atoms with Gasteiger partial charge in [0.05, 0.1) is 10.6 Å². The highest BCUT2D eigenvalue weighted by atomic mass is 32.2. The minimum atomic E-state index is -3.65. The topological polar surface area (TPSA) is 78.9 Å². The number of aryl methyl sites for hydroxylation is 1. The van der Waals surface area contributed by atoms with Gasteiger partial charge in [0.15, 0.2) is 6.61 Å². The lowest BCUT2D eigenvalue weighted by Crippen LogP contribution is -2.47. The van der Waals surface area contributed by atoms with Gasteiger partial charge in [0.25, 0.3) is 15.9 Å². The second-order valence-corrected chi connectivity index (χ2v) is 10.5. The van der Waals surface area contributed by atoms with E-state index >= 15 is 0 Å². The molecule has 0 saturated carbocycles. The van der Waals surface area contributed by atoms with Gasteiger partial charge in [0.2, 0.25) is 0 Å². The van der Waals surface area contributed by atoms with E-state index in [-0.39, 0.29) is 23.5 Å². The van der Waals surface area contributed by atoms with Gasteiger partial charge in [0, 0.05) is 32.2 Å². The van der Waals surface area contributed by atoms with Crippen LogP contribution >= 0.6 is 0 Å². The SMILES string of the molecule is Cc1ccc(S(=O)(=O)N(C)c2ccc(OCC(=O)NC3CCN(C(C)C)CC3)cc2)cc1. The smallest absolute Gasteiger partial charge is 0.264 e. The van der Waals surface area contributed by atoms with Crippen molar-refractivity contribution < 1.29 is 17.9 Å². The van der Waals surface area contributed by atoms with E-state index in [1.807, 2.05) is 6.92 Å². The second-order valence-electron chi connectivity index (χ2n) is 8.54. The monoisotopic (exact) mass is 459 g/mol. The lowest BCUT2D eigenvalue weighted by Gasteiger charge is -2.34. The first kappa shape index (κ1) is 24.1. The maximum atomic E-state index is 12.8. The van der Waals surface area contributed by atoms with E-state index in [0.717, 1.165) is 31.5 Å². The number of nitrogens with one attached hydrogen (secondary N) is 1. The van der Waals surface area contributed by atoms with Crippen LogP contribution in [0.5, 0.6) is 5.75 Å². The average molecular weight is 460 g/mol. The molecule has 2 aromatic carbocycles. The number of nitrogens with zero attached hydrogens (tertiary/aromatic N) is 2. The zero-order valence-corrected chi connectivity index (χ0v) is 20.1. The fourth-order valence-corrected chi connectivity index (χ4v) is 4.93. The molecule has 0 atom stereocenters. The number of ether oxygens (including phenoxy) is 1. The van der Waals surface area contributed by atoms with Gasteiger partial charge in [-0.3, -0.25) is 9.10 Å². The van der Waals surface area contributed by atoms with E-state index in [4.69, 9.17) is 4.74 Å². The first-order chi connectivity index (χ1) is 15.2. The van der Waals surface area contributed by atoms with Crippen molar-refractivity contribution in [2.45, 2.75) is 50.6 Å². The lowest BCUT2D eigenvalue weighted by atomic mass is 10.0. The van der Waals surface area contributed by atoms with E-state index in [1.165, 1.54) is 11.4 Å². The Kier molecular flexibility index (Phi) is 7.79. The van der Waals surface area contributed by atoms with Crippen molar-refractivity contribution in [3.8, 4) is 5.75 Å². The quantitative estimate of drug-likeness (QED) is 0.656. The molecule has 1 aliphatic rings. The van der Waals surface area contributed by atoms with E-state index < -0.39 is 10.0 Å². The lowest BCUT2D eigenvalue weighted by molar-refractivity contribution is -0.124. The van der Waals surface area contributed by atoms with Gasteiger partial charge < -0.3 is 15.0 Å². The number of carbonyl (C=O) groups is 1. The molecular formula is C24H33N3O4S. The summed E-state index contributed by atoms with van der Waals surface area (Å²) in [6.07, 6.45) is 1.89. The van der Waals surface area contributed by atoms with Crippen LogP contribution in [0.1, 0.15) is 32.3 Å². The Balaban J connectivity index is 1.51. The van der Waals surface area contributed by atoms with Gasteiger partial charge in [-0.05, 0) is 70.0 Å². The Labute approximate surface area is 191 Å². The zero-order chi connectivity index (χ0) is 23.3. The number of benzene rings is 2. The van der Waals surface area contributed by atoms with E-state index in [2.05, 4.69) is 24.1 Å². The molecule has 1 heterocycles. The van der Waals surface area contributed by atoms with Crippen LogP contribution in [0.3, 0.4) is 0 Å². The zero-order valence-electron chi connectivity index (χ0n) is 19.2. The fourth-order valence-electron chi connectivity index (χ4n) is 3.74. The molecule has 3 rings (SSSR count). The molecule has 1 saturated heterocycles. The third-order valence-corrected chi connectivity index (χ3v) is 7.67. The number of likely N-dealkylation sites (tertiary alicyclic amines) is 1. The molecule has 0 unspecified atom stereocenters. The van der Waals surface area contributed by atoms with Crippen molar-refractivity contribution >= 4 is 21.6 Å².